The highest BCUT2D eigenvalue weighted by Gasteiger charge is 2.19. The zero-order chi connectivity index (χ0) is 18.1. The fourth-order valence-electron chi connectivity index (χ4n) is 3.18. The molecule has 0 unspecified atom stereocenters. The second kappa shape index (κ2) is 6.51. The minimum atomic E-state index is -0.373. The van der Waals surface area contributed by atoms with Crippen LogP contribution in [0.15, 0.2) is 48.7 Å². The molecule has 0 saturated carbocycles. The van der Waals surface area contributed by atoms with E-state index in [0.717, 1.165) is 29.3 Å². The Bertz CT molecular complexity index is 990. The minimum Gasteiger partial charge on any atom is -0.454 e. The molecule has 0 aliphatic carbocycles. The Labute approximate surface area is 149 Å². The summed E-state index contributed by atoms with van der Waals surface area (Å²) < 4.78 is 10.8. The monoisotopic (exact) mass is 351 g/mol. The van der Waals surface area contributed by atoms with Crippen LogP contribution >= 0.6 is 0 Å². The van der Waals surface area contributed by atoms with Crippen LogP contribution < -0.4 is 14.4 Å². The smallest absolute Gasteiger partial charge is 0.278 e. The molecule has 0 spiro atoms. The Balaban J connectivity index is 1.73. The van der Waals surface area contributed by atoms with Crippen LogP contribution in [0.1, 0.15) is 12.5 Å². The van der Waals surface area contributed by atoms with E-state index in [1.54, 1.807) is 30.5 Å². The highest BCUT2D eigenvalue weighted by atomic mass is 16.7. The first-order valence-corrected chi connectivity index (χ1v) is 8.33. The number of ether oxygens (including phenoxy) is 2. The van der Waals surface area contributed by atoms with Gasteiger partial charge in [0, 0.05) is 25.4 Å². The molecular formula is C19H17N3O4. The van der Waals surface area contributed by atoms with Crippen molar-refractivity contribution < 1.29 is 14.4 Å². The van der Waals surface area contributed by atoms with Gasteiger partial charge in [-0.15, -0.1) is 0 Å². The molecule has 1 aliphatic rings. The number of anilines is 1. The Morgan fingerprint density at radius 2 is 2.04 bits per heavy atom. The van der Waals surface area contributed by atoms with Crippen LogP contribution in [-0.2, 0) is 6.54 Å². The van der Waals surface area contributed by atoms with E-state index in [-0.39, 0.29) is 17.4 Å². The third-order valence-electron chi connectivity index (χ3n) is 4.45. The van der Waals surface area contributed by atoms with E-state index < -0.39 is 0 Å². The third kappa shape index (κ3) is 2.77. The second-order valence-corrected chi connectivity index (χ2v) is 5.96. The number of pyridine rings is 1. The molecule has 0 fully saturated rings. The summed E-state index contributed by atoms with van der Waals surface area (Å²) in [4.78, 5) is 17.5. The van der Waals surface area contributed by atoms with Crippen molar-refractivity contribution in [1.29, 1.82) is 0 Å². The lowest BCUT2D eigenvalue weighted by atomic mass is 10.1. The van der Waals surface area contributed by atoms with Gasteiger partial charge in [-0.1, -0.05) is 6.07 Å². The van der Waals surface area contributed by atoms with Crippen molar-refractivity contribution in [3.8, 4) is 11.5 Å². The van der Waals surface area contributed by atoms with Crippen molar-refractivity contribution in [2.75, 3.05) is 18.2 Å². The molecule has 132 valence electrons. The van der Waals surface area contributed by atoms with Crippen LogP contribution in [0.3, 0.4) is 0 Å². The molecule has 0 bridgehead atoms. The van der Waals surface area contributed by atoms with Gasteiger partial charge in [-0.3, -0.25) is 15.1 Å². The molecule has 0 radical (unpaired) electrons. The fraction of sp³-hybridized carbons (Fsp3) is 0.211. The van der Waals surface area contributed by atoms with Crippen LogP contribution in [0.2, 0.25) is 0 Å². The first kappa shape index (κ1) is 16.1. The van der Waals surface area contributed by atoms with Crippen molar-refractivity contribution in [3.05, 3.63) is 64.3 Å². The molecule has 7 nitrogen and oxygen atoms in total. The van der Waals surface area contributed by atoms with E-state index in [4.69, 9.17) is 9.47 Å². The molecule has 0 atom stereocenters. The molecular weight excluding hydrogens is 334 g/mol. The number of aromatic nitrogens is 1. The molecule has 2 heterocycles. The summed E-state index contributed by atoms with van der Waals surface area (Å²) in [6.07, 6.45) is 1.66. The number of nitro groups is 1. The fourth-order valence-corrected chi connectivity index (χ4v) is 3.18. The Morgan fingerprint density at radius 3 is 2.85 bits per heavy atom. The summed E-state index contributed by atoms with van der Waals surface area (Å²) >= 11 is 0. The number of nitro benzene ring substituents is 1. The first-order valence-electron chi connectivity index (χ1n) is 8.33. The Morgan fingerprint density at radius 1 is 1.19 bits per heavy atom. The number of rotatable bonds is 5. The standard InChI is InChI=1S/C19H17N3O4/c1-2-21(11-13-5-8-17-18(10-13)26-12-25-17)16-7-6-15(22(23)24)14-4-3-9-20-19(14)16/h3-10H,2,11-12H2,1H3. The van der Waals surface area contributed by atoms with Crippen molar-refractivity contribution in [3.63, 3.8) is 0 Å². The maximum absolute atomic E-state index is 11.3. The summed E-state index contributed by atoms with van der Waals surface area (Å²) in [5, 5.41) is 11.8. The SMILES string of the molecule is CCN(Cc1ccc2c(c1)OCO2)c1ccc([N+](=O)[O-])c2cccnc12. The molecule has 1 aliphatic heterocycles. The van der Waals surface area contributed by atoms with Gasteiger partial charge in [0.25, 0.3) is 5.69 Å². The Kier molecular flexibility index (Phi) is 4.04. The van der Waals surface area contributed by atoms with Crippen molar-refractivity contribution in [1.82, 2.24) is 4.98 Å². The predicted octanol–water partition coefficient (Wildman–Crippen LogP) is 3.90. The molecule has 4 rings (SSSR count). The van der Waals surface area contributed by atoms with Gasteiger partial charge in [0.1, 0.15) is 5.52 Å². The molecule has 1 aromatic heterocycles. The average molecular weight is 351 g/mol. The number of benzene rings is 2. The minimum absolute atomic E-state index is 0.0657. The number of nitrogens with zero attached hydrogens (tertiary/aromatic N) is 3. The summed E-state index contributed by atoms with van der Waals surface area (Å²) in [6.45, 7) is 3.66. The molecule has 3 aromatic rings. The van der Waals surface area contributed by atoms with Crippen LogP contribution in [0, 0.1) is 10.1 Å². The van der Waals surface area contributed by atoms with Crippen molar-refractivity contribution in [2.24, 2.45) is 0 Å². The zero-order valence-electron chi connectivity index (χ0n) is 14.2. The Hall–Kier alpha value is -3.35. The van der Waals surface area contributed by atoms with E-state index in [2.05, 4.69) is 9.88 Å². The molecule has 26 heavy (non-hydrogen) atoms. The van der Waals surface area contributed by atoms with Gasteiger partial charge in [-0.05, 0) is 42.8 Å². The number of fused-ring (bicyclic) bond motifs is 2. The van der Waals surface area contributed by atoms with Gasteiger partial charge >= 0.3 is 0 Å². The van der Waals surface area contributed by atoms with E-state index in [0.29, 0.717) is 17.4 Å². The lowest BCUT2D eigenvalue weighted by Crippen LogP contribution is -2.22. The quantitative estimate of drug-likeness (QED) is 0.512. The molecule has 0 saturated heterocycles. The number of hydrogen-bond donors (Lipinski definition) is 0. The van der Waals surface area contributed by atoms with E-state index in [1.807, 2.05) is 25.1 Å². The lowest BCUT2D eigenvalue weighted by Gasteiger charge is -2.24. The molecule has 2 aromatic carbocycles. The predicted molar refractivity (Wildman–Crippen MR) is 97.7 cm³/mol. The number of non-ortho nitro benzene ring substituents is 1. The largest absolute Gasteiger partial charge is 0.454 e. The van der Waals surface area contributed by atoms with Crippen LogP contribution in [0.4, 0.5) is 11.4 Å². The maximum Gasteiger partial charge on any atom is 0.278 e. The van der Waals surface area contributed by atoms with Gasteiger partial charge in [0.05, 0.1) is 16.0 Å². The molecule has 0 amide bonds. The van der Waals surface area contributed by atoms with Crippen LogP contribution in [0.5, 0.6) is 11.5 Å². The van der Waals surface area contributed by atoms with Gasteiger partial charge in [0.15, 0.2) is 11.5 Å². The third-order valence-corrected chi connectivity index (χ3v) is 4.45. The number of hydrogen-bond acceptors (Lipinski definition) is 6. The summed E-state index contributed by atoms with van der Waals surface area (Å²) in [6, 6.07) is 12.6. The molecule has 0 N–H and O–H groups in total. The maximum atomic E-state index is 11.3. The normalized spacial score (nSPS) is 12.3. The highest BCUT2D eigenvalue weighted by Crippen LogP contribution is 2.35. The van der Waals surface area contributed by atoms with Gasteiger partial charge < -0.3 is 14.4 Å². The lowest BCUT2D eigenvalue weighted by molar-refractivity contribution is -0.383. The average Bonchev–Trinajstić information content (AvgIpc) is 3.13. The second-order valence-electron chi connectivity index (χ2n) is 5.96. The summed E-state index contributed by atoms with van der Waals surface area (Å²) in [5.74, 6) is 1.49. The van der Waals surface area contributed by atoms with Crippen LogP contribution in [0.25, 0.3) is 10.9 Å². The highest BCUT2D eigenvalue weighted by molar-refractivity contribution is 5.97. The van der Waals surface area contributed by atoms with E-state index in [1.165, 1.54) is 0 Å². The van der Waals surface area contributed by atoms with Crippen molar-refractivity contribution >= 4 is 22.3 Å². The van der Waals surface area contributed by atoms with Gasteiger partial charge in [-0.25, -0.2) is 0 Å². The van der Waals surface area contributed by atoms with Gasteiger partial charge in [-0.2, -0.15) is 0 Å². The summed E-state index contributed by atoms with van der Waals surface area (Å²) in [7, 11) is 0. The van der Waals surface area contributed by atoms with Crippen LogP contribution in [-0.4, -0.2) is 23.2 Å². The molecule has 7 heteroatoms. The summed E-state index contributed by atoms with van der Waals surface area (Å²) in [5.41, 5.74) is 2.63. The topological polar surface area (TPSA) is 77.7 Å². The zero-order valence-corrected chi connectivity index (χ0v) is 14.2. The van der Waals surface area contributed by atoms with Gasteiger partial charge in [0.2, 0.25) is 6.79 Å². The van der Waals surface area contributed by atoms with E-state index in [9.17, 15) is 10.1 Å². The first-order chi connectivity index (χ1) is 12.7. The van der Waals surface area contributed by atoms with Crippen molar-refractivity contribution in [2.45, 2.75) is 13.5 Å². The van der Waals surface area contributed by atoms with E-state index >= 15 is 0 Å².